The first-order valence-electron chi connectivity index (χ1n) is 43.3. The van der Waals surface area contributed by atoms with Crippen molar-refractivity contribution in [2.45, 2.75) is 453 Å². The first kappa shape index (κ1) is 101. The molecule has 103 heavy (non-hydrogen) atoms. The minimum absolute atomic E-state index is 0.106. The summed E-state index contributed by atoms with van der Waals surface area (Å²) in [4.78, 5) is 73.1. The van der Waals surface area contributed by atoms with Crippen LogP contribution < -0.4 is 0 Å². The Hall–Kier alpha value is -1.94. The Morgan fingerprint density at radius 3 is 0.689 bits per heavy atom. The Kier molecular flexibility index (Phi) is 71.5. The molecule has 0 aromatic carbocycles. The first-order chi connectivity index (χ1) is 49.7. The van der Waals surface area contributed by atoms with Crippen LogP contribution >= 0.6 is 15.6 Å². The monoisotopic (exact) mass is 1510 g/mol. The Morgan fingerprint density at radius 1 is 0.272 bits per heavy atom. The third-order valence-corrected chi connectivity index (χ3v) is 22.2. The average Bonchev–Trinajstić information content (AvgIpc) is 0.909. The van der Waals surface area contributed by atoms with Crippen molar-refractivity contribution in [3.05, 3.63) is 0 Å². The summed E-state index contributed by atoms with van der Waals surface area (Å²) in [6.07, 6.45) is 61.2. The van der Waals surface area contributed by atoms with E-state index < -0.39 is 97.5 Å². The van der Waals surface area contributed by atoms with E-state index in [0.29, 0.717) is 25.7 Å². The number of unbranched alkanes of at least 4 members (excludes halogenated alkanes) is 45. The number of hydrogen-bond donors (Lipinski definition) is 3. The molecule has 0 heterocycles. The number of ether oxygens (including phenoxy) is 4. The summed E-state index contributed by atoms with van der Waals surface area (Å²) in [7, 11) is -9.93. The molecule has 0 aliphatic rings. The van der Waals surface area contributed by atoms with Crippen LogP contribution in [0.25, 0.3) is 0 Å². The molecule has 0 aromatic rings. The van der Waals surface area contributed by atoms with Crippen molar-refractivity contribution in [1.29, 1.82) is 0 Å². The van der Waals surface area contributed by atoms with E-state index in [9.17, 15) is 43.2 Å². The minimum atomic E-state index is -4.96. The number of aliphatic hydroxyl groups is 1. The smallest absolute Gasteiger partial charge is 0.462 e. The zero-order valence-electron chi connectivity index (χ0n) is 68.0. The Balaban J connectivity index is 5.18. The number of carbonyl (C=O) groups excluding carboxylic acids is 4. The van der Waals surface area contributed by atoms with Gasteiger partial charge in [0, 0.05) is 25.7 Å². The zero-order chi connectivity index (χ0) is 76.0. The summed E-state index contributed by atoms with van der Waals surface area (Å²) in [5.41, 5.74) is 0. The maximum Gasteiger partial charge on any atom is 0.472 e. The molecule has 612 valence electrons. The van der Waals surface area contributed by atoms with Gasteiger partial charge >= 0.3 is 39.5 Å². The third-order valence-electron chi connectivity index (χ3n) is 20.3. The van der Waals surface area contributed by atoms with Gasteiger partial charge in [-0.25, -0.2) is 9.13 Å². The predicted octanol–water partition coefficient (Wildman–Crippen LogP) is 25.2. The quantitative estimate of drug-likeness (QED) is 0.0222. The standard InChI is InChI=1S/C84H164O17P2/c1-9-76(7)62-54-46-38-32-25-21-17-13-11-12-14-18-22-26-33-39-48-56-64-81(86)94-70-79(100-84(89)67-59-51-41-35-29-28-31-37-45-53-61-75(5)6)72-98-102(90,91)96-68-78(85)69-97-103(92,93)99-73-80(71-95-82(87)65-57-49-43-42-47-55-63-77(8)10-2)101-83(88)66-58-50-40-34-27-23-19-15-16-20-24-30-36-44-52-60-74(3)4/h74-80,85H,9-73H2,1-8H3,(H,90,91)(H,92,93)/t76?,77?,78-,79-,80-/m1/s1. The number of esters is 4. The fraction of sp³-hybridized carbons (Fsp3) is 0.952. The highest BCUT2D eigenvalue weighted by Gasteiger charge is 2.30. The van der Waals surface area contributed by atoms with Crippen LogP contribution in [0, 0.1) is 23.7 Å². The van der Waals surface area contributed by atoms with E-state index in [0.717, 1.165) is 120 Å². The molecule has 0 aliphatic heterocycles. The van der Waals surface area contributed by atoms with E-state index >= 15 is 0 Å². The lowest BCUT2D eigenvalue weighted by molar-refractivity contribution is -0.161. The molecule has 0 amide bonds. The molecular formula is C84H164O17P2. The molecule has 0 saturated heterocycles. The summed E-state index contributed by atoms with van der Waals surface area (Å²) in [5, 5.41) is 10.7. The Bertz CT molecular complexity index is 2010. The largest absolute Gasteiger partial charge is 0.472 e. The van der Waals surface area contributed by atoms with E-state index in [4.69, 9.17) is 37.0 Å². The van der Waals surface area contributed by atoms with Crippen molar-refractivity contribution in [2.24, 2.45) is 23.7 Å². The van der Waals surface area contributed by atoms with Gasteiger partial charge in [0.15, 0.2) is 12.2 Å². The summed E-state index contributed by atoms with van der Waals surface area (Å²) in [5.74, 6) is 1.05. The maximum atomic E-state index is 13.1. The fourth-order valence-electron chi connectivity index (χ4n) is 12.9. The van der Waals surface area contributed by atoms with Crippen LogP contribution in [-0.4, -0.2) is 96.7 Å². The van der Waals surface area contributed by atoms with Gasteiger partial charge in [-0.05, 0) is 49.4 Å². The predicted molar refractivity (Wildman–Crippen MR) is 423 cm³/mol. The number of rotatable bonds is 81. The van der Waals surface area contributed by atoms with Crippen molar-refractivity contribution in [3.63, 3.8) is 0 Å². The molecule has 4 unspecified atom stereocenters. The fourth-order valence-corrected chi connectivity index (χ4v) is 14.5. The van der Waals surface area contributed by atoms with E-state index in [2.05, 4.69) is 55.4 Å². The van der Waals surface area contributed by atoms with Gasteiger partial charge in [0.05, 0.1) is 26.4 Å². The molecular weight excluding hydrogens is 1340 g/mol. The van der Waals surface area contributed by atoms with Gasteiger partial charge in [-0.1, -0.05) is 383 Å². The summed E-state index contributed by atoms with van der Waals surface area (Å²) in [6, 6.07) is 0. The molecule has 0 bridgehead atoms. The molecule has 0 saturated carbocycles. The number of carbonyl (C=O) groups is 4. The van der Waals surface area contributed by atoms with Crippen molar-refractivity contribution in [3.8, 4) is 0 Å². The molecule has 3 N–H and O–H groups in total. The number of phosphoric acid groups is 2. The van der Waals surface area contributed by atoms with Gasteiger partial charge in [-0.3, -0.25) is 37.3 Å². The van der Waals surface area contributed by atoms with Gasteiger partial charge in [-0.15, -0.1) is 0 Å². The molecule has 0 aliphatic carbocycles. The summed E-state index contributed by atoms with van der Waals surface area (Å²) < 4.78 is 68.8. The molecule has 19 heteroatoms. The van der Waals surface area contributed by atoms with Crippen LogP contribution in [0.2, 0.25) is 0 Å². The normalized spacial score (nSPS) is 14.5. The second-order valence-corrected chi connectivity index (χ2v) is 34.6. The molecule has 0 spiro atoms. The second kappa shape index (κ2) is 72.9. The van der Waals surface area contributed by atoms with Crippen LogP contribution in [0.4, 0.5) is 0 Å². The second-order valence-electron chi connectivity index (χ2n) is 31.7. The number of aliphatic hydroxyl groups excluding tert-OH is 1. The van der Waals surface area contributed by atoms with Crippen molar-refractivity contribution < 1.29 is 80.2 Å². The topological polar surface area (TPSA) is 237 Å². The van der Waals surface area contributed by atoms with Gasteiger partial charge in [0.2, 0.25) is 0 Å². The van der Waals surface area contributed by atoms with Crippen LogP contribution in [0.15, 0.2) is 0 Å². The molecule has 0 rings (SSSR count). The SMILES string of the molecule is CCC(C)CCCCCCCCCCCCCCCCCCCCC(=O)OC[C@H](COP(=O)(O)OC[C@@H](O)COP(=O)(O)OC[C@@H](COC(=O)CCCCCCCCC(C)CC)OC(=O)CCCCCCCCCCCCCCCCCC(C)C)OC(=O)CCCCCCCCCCCCC(C)C. The van der Waals surface area contributed by atoms with E-state index in [1.54, 1.807) is 0 Å². The van der Waals surface area contributed by atoms with Crippen LogP contribution in [0.1, 0.15) is 434 Å². The Labute approximate surface area is 632 Å². The van der Waals surface area contributed by atoms with E-state index in [-0.39, 0.29) is 25.7 Å². The number of hydrogen-bond acceptors (Lipinski definition) is 15. The molecule has 17 nitrogen and oxygen atoms in total. The summed E-state index contributed by atoms with van der Waals surface area (Å²) >= 11 is 0. The maximum absolute atomic E-state index is 13.1. The van der Waals surface area contributed by atoms with Crippen LogP contribution in [-0.2, 0) is 65.4 Å². The van der Waals surface area contributed by atoms with Crippen LogP contribution in [0.5, 0.6) is 0 Å². The summed E-state index contributed by atoms with van der Waals surface area (Å²) in [6.45, 7) is 14.3. The van der Waals surface area contributed by atoms with Crippen molar-refractivity contribution >= 4 is 39.5 Å². The lowest BCUT2D eigenvalue weighted by Crippen LogP contribution is -2.30. The van der Waals surface area contributed by atoms with Crippen LogP contribution in [0.3, 0.4) is 0 Å². The molecule has 7 atom stereocenters. The highest BCUT2D eigenvalue weighted by atomic mass is 31.2. The lowest BCUT2D eigenvalue weighted by atomic mass is 9.99. The molecule has 0 fully saturated rings. The van der Waals surface area contributed by atoms with E-state index in [1.165, 1.54) is 231 Å². The molecule has 0 radical (unpaired) electrons. The van der Waals surface area contributed by atoms with Gasteiger partial charge in [-0.2, -0.15) is 0 Å². The Morgan fingerprint density at radius 2 is 0.466 bits per heavy atom. The highest BCUT2D eigenvalue weighted by molar-refractivity contribution is 7.47. The third kappa shape index (κ3) is 75.3. The van der Waals surface area contributed by atoms with E-state index in [1.807, 2.05) is 0 Å². The molecule has 0 aromatic heterocycles. The van der Waals surface area contributed by atoms with Gasteiger partial charge < -0.3 is 33.8 Å². The minimum Gasteiger partial charge on any atom is -0.462 e. The van der Waals surface area contributed by atoms with Crippen molar-refractivity contribution in [1.82, 2.24) is 0 Å². The first-order valence-corrected chi connectivity index (χ1v) is 46.3. The number of phosphoric ester groups is 2. The van der Waals surface area contributed by atoms with Gasteiger partial charge in [0.25, 0.3) is 0 Å². The van der Waals surface area contributed by atoms with Gasteiger partial charge in [0.1, 0.15) is 19.3 Å². The van der Waals surface area contributed by atoms with Crippen molar-refractivity contribution in [2.75, 3.05) is 39.6 Å². The lowest BCUT2D eigenvalue weighted by Gasteiger charge is -2.21. The zero-order valence-corrected chi connectivity index (χ0v) is 69.7. The average molecular weight is 1510 g/mol. The highest BCUT2D eigenvalue weighted by Crippen LogP contribution is 2.45.